The molecule has 67 heavy (non-hydrogen) atoms. The van der Waals surface area contributed by atoms with Gasteiger partial charge in [0, 0.05) is 34.0 Å². The van der Waals surface area contributed by atoms with Crippen LogP contribution in [0.1, 0.15) is 143 Å². The molecule has 7 aromatic rings. The summed E-state index contributed by atoms with van der Waals surface area (Å²) in [5, 5.41) is 0. The molecule has 11 rings (SSSR count). The first-order valence-electron chi connectivity index (χ1n) is 25.0. The lowest BCUT2D eigenvalue weighted by atomic mass is 9.33. The molecule has 0 atom stereocenters. The zero-order chi connectivity index (χ0) is 47.4. The summed E-state index contributed by atoms with van der Waals surface area (Å²) in [5.41, 5.74) is 25.4. The van der Waals surface area contributed by atoms with Crippen LogP contribution in [0.4, 0.5) is 34.1 Å². The first-order chi connectivity index (χ1) is 31.4. The van der Waals surface area contributed by atoms with Crippen molar-refractivity contribution in [3.63, 3.8) is 0 Å². The molecule has 0 amide bonds. The summed E-state index contributed by atoms with van der Waals surface area (Å²) in [4.78, 5) is 5.36. The highest BCUT2D eigenvalue weighted by Gasteiger charge is 2.49. The van der Waals surface area contributed by atoms with Gasteiger partial charge in [-0.15, -0.1) is 0 Å². The van der Waals surface area contributed by atoms with Crippen molar-refractivity contribution in [2.24, 2.45) is 0 Å². The average molecular weight is 877 g/mol. The van der Waals surface area contributed by atoms with Crippen molar-refractivity contribution in [2.45, 2.75) is 142 Å². The summed E-state index contributed by atoms with van der Waals surface area (Å²) in [7, 11) is 0. The van der Waals surface area contributed by atoms with Gasteiger partial charge in [0.15, 0.2) is 0 Å². The minimum atomic E-state index is -0.123. The number of rotatable bonds is 4. The lowest BCUT2D eigenvalue weighted by Gasteiger charge is -2.46. The van der Waals surface area contributed by atoms with Crippen molar-refractivity contribution in [1.29, 1.82) is 0 Å². The van der Waals surface area contributed by atoms with Crippen molar-refractivity contribution in [3.8, 4) is 22.3 Å². The average Bonchev–Trinajstić information content (AvgIpc) is 3.58. The Morgan fingerprint density at radius 2 is 0.910 bits per heavy atom. The van der Waals surface area contributed by atoms with Crippen LogP contribution in [0.5, 0.6) is 0 Å². The lowest BCUT2D eigenvalue weighted by Crippen LogP contribution is -2.61. The maximum atomic E-state index is 2.70. The second-order valence-electron chi connectivity index (χ2n) is 25.3. The molecule has 4 aliphatic rings. The first kappa shape index (κ1) is 43.8. The Kier molecular flexibility index (Phi) is 9.38. The molecule has 0 unspecified atom stereocenters. The van der Waals surface area contributed by atoms with Crippen LogP contribution in [-0.2, 0) is 32.5 Å². The third kappa shape index (κ3) is 6.80. The van der Waals surface area contributed by atoms with Gasteiger partial charge in [0.25, 0.3) is 6.71 Å². The Labute approximate surface area is 402 Å². The van der Waals surface area contributed by atoms with Gasteiger partial charge in [-0.25, -0.2) is 0 Å². The second kappa shape index (κ2) is 14.4. The SMILES string of the molecule is CC(C)(C)c1ccc(N2c3ccc(-c4ccccc4)cc3B3c4cc5c(cc4N(c4ccc6c(c4)C(C)(C)CC6(C)C)c4cc(C(C)(C)C)cc2c43)C(C)(C)CC5(C)C)c(-c2ccccc2)c1. The van der Waals surface area contributed by atoms with E-state index in [2.05, 4.69) is 246 Å². The fourth-order valence-electron chi connectivity index (χ4n) is 13.4. The third-order valence-corrected chi connectivity index (χ3v) is 16.3. The van der Waals surface area contributed by atoms with Gasteiger partial charge in [-0.3, -0.25) is 0 Å². The minimum absolute atomic E-state index is 0.00354. The van der Waals surface area contributed by atoms with E-state index < -0.39 is 0 Å². The van der Waals surface area contributed by atoms with E-state index in [9.17, 15) is 0 Å². The van der Waals surface area contributed by atoms with Crippen molar-refractivity contribution in [2.75, 3.05) is 9.80 Å². The summed E-state index contributed by atoms with van der Waals surface area (Å²) in [6.45, 7) is 33.8. The molecule has 0 bridgehead atoms. The molecule has 0 saturated carbocycles. The fraction of sp³-hybridized carbons (Fsp3) is 0.344. The van der Waals surface area contributed by atoms with Gasteiger partial charge in [-0.05, 0) is 160 Å². The van der Waals surface area contributed by atoms with Gasteiger partial charge < -0.3 is 9.80 Å². The van der Waals surface area contributed by atoms with Crippen LogP contribution >= 0.6 is 0 Å². The molecule has 0 fully saturated rings. The van der Waals surface area contributed by atoms with Crippen LogP contribution in [0.3, 0.4) is 0 Å². The maximum absolute atomic E-state index is 2.70. The molecular formula is C64H69BN2. The minimum Gasteiger partial charge on any atom is -0.311 e. The Hall–Kier alpha value is -5.80. The molecule has 7 aromatic carbocycles. The van der Waals surface area contributed by atoms with Crippen molar-refractivity contribution in [3.05, 3.63) is 173 Å². The Balaban J connectivity index is 1.29. The van der Waals surface area contributed by atoms with Crippen molar-refractivity contribution in [1.82, 2.24) is 0 Å². The van der Waals surface area contributed by atoms with E-state index in [1.165, 1.54) is 106 Å². The first-order valence-corrected chi connectivity index (χ1v) is 25.0. The number of fused-ring (bicyclic) bond motifs is 6. The largest absolute Gasteiger partial charge is 0.311 e. The highest BCUT2D eigenvalue weighted by Crippen LogP contribution is 2.55. The summed E-state index contributed by atoms with van der Waals surface area (Å²) in [6.07, 6.45) is 2.25. The quantitative estimate of drug-likeness (QED) is 0.163. The molecule has 0 radical (unpaired) electrons. The van der Waals surface area contributed by atoms with Crippen molar-refractivity contribution < 1.29 is 0 Å². The van der Waals surface area contributed by atoms with Crippen LogP contribution in [-0.4, -0.2) is 6.71 Å². The summed E-state index contributed by atoms with van der Waals surface area (Å²) >= 11 is 0. The van der Waals surface area contributed by atoms with Gasteiger partial charge in [-0.1, -0.05) is 188 Å². The molecule has 0 aromatic heterocycles. The van der Waals surface area contributed by atoms with Gasteiger partial charge in [-0.2, -0.15) is 0 Å². The third-order valence-electron chi connectivity index (χ3n) is 16.3. The molecule has 0 saturated heterocycles. The standard InChI is InChI=1S/C64H69BN2/c1-59(2,3)43-26-30-53(46(32-43)41-23-19-16-20-24-41)67-54-29-25-42(40-21-17-15-18-22-40)31-51(54)65-52-36-49-50(64(13,14)39-63(49,11)12)37-55(52)66(56-33-44(60(4,5)6)34-57(67)58(56)65)45-27-28-47-48(35-45)62(9,10)38-61(47,7)8/h15-37H,38-39H2,1-14H3. The van der Waals surface area contributed by atoms with Gasteiger partial charge in [0.05, 0.1) is 5.69 Å². The number of benzene rings is 7. The molecule has 2 heterocycles. The van der Waals surface area contributed by atoms with Crippen molar-refractivity contribution >= 4 is 57.2 Å². The second-order valence-corrected chi connectivity index (χ2v) is 25.3. The molecule has 2 aliphatic heterocycles. The molecule has 0 N–H and O–H groups in total. The highest BCUT2D eigenvalue weighted by molar-refractivity contribution is 7.00. The van der Waals surface area contributed by atoms with Crippen LogP contribution in [0, 0.1) is 0 Å². The topological polar surface area (TPSA) is 6.48 Å². The number of anilines is 6. The van der Waals surface area contributed by atoms with E-state index in [0.29, 0.717) is 0 Å². The number of hydrogen-bond donors (Lipinski definition) is 0. The Morgan fingerprint density at radius 3 is 1.52 bits per heavy atom. The van der Waals surface area contributed by atoms with Crippen LogP contribution in [0.25, 0.3) is 22.3 Å². The predicted octanol–water partition coefficient (Wildman–Crippen LogP) is 15.6. The normalized spacial score (nSPS) is 18.0. The maximum Gasteiger partial charge on any atom is 0.252 e. The van der Waals surface area contributed by atoms with Gasteiger partial charge in [0.1, 0.15) is 0 Å². The fourth-order valence-corrected chi connectivity index (χ4v) is 13.4. The molecule has 0 spiro atoms. The summed E-state index contributed by atoms with van der Waals surface area (Å²) in [6, 6.07) is 54.7. The molecule has 338 valence electrons. The van der Waals surface area contributed by atoms with E-state index in [-0.39, 0.29) is 39.2 Å². The zero-order valence-corrected chi connectivity index (χ0v) is 42.7. The van der Waals surface area contributed by atoms with Crippen LogP contribution in [0.15, 0.2) is 140 Å². The van der Waals surface area contributed by atoms with E-state index in [1.54, 1.807) is 0 Å². The lowest BCUT2D eigenvalue weighted by molar-refractivity contribution is 0.403. The van der Waals surface area contributed by atoms with Crippen LogP contribution in [0.2, 0.25) is 0 Å². The van der Waals surface area contributed by atoms with E-state index in [1.807, 2.05) is 0 Å². The van der Waals surface area contributed by atoms with E-state index in [0.717, 1.165) is 12.8 Å². The summed E-state index contributed by atoms with van der Waals surface area (Å²) in [5.74, 6) is 0. The number of hydrogen-bond acceptors (Lipinski definition) is 2. The Bertz CT molecular complexity index is 3150. The zero-order valence-electron chi connectivity index (χ0n) is 42.7. The van der Waals surface area contributed by atoms with Gasteiger partial charge in [0.2, 0.25) is 0 Å². The summed E-state index contributed by atoms with van der Waals surface area (Å²) < 4.78 is 0. The molecule has 2 aliphatic carbocycles. The van der Waals surface area contributed by atoms with E-state index >= 15 is 0 Å². The molecule has 3 heteroatoms. The number of nitrogens with zero attached hydrogens (tertiary/aromatic N) is 2. The predicted molar refractivity (Wildman–Crippen MR) is 290 cm³/mol. The molecule has 2 nitrogen and oxygen atoms in total. The molecular weight excluding hydrogens is 808 g/mol. The monoisotopic (exact) mass is 877 g/mol. The van der Waals surface area contributed by atoms with Crippen LogP contribution < -0.4 is 26.2 Å². The van der Waals surface area contributed by atoms with Gasteiger partial charge >= 0.3 is 0 Å². The smallest absolute Gasteiger partial charge is 0.252 e. The Morgan fingerprint density at radius 1 is 0.388 bits per heavy atom. The van der Waals surface area contributed by atoms with E-state index in [4.69, 9.17) is 0 Å². The highest BCUT2D eigenvalue weighted by atomic mass is 15.2.